The van der Waals surface area contributed by atoms with Crippen LogP contribution < -0.4 is 15.5 Å². The number of benzene rings is 2. The van der Waals surface area contributed by atoms with Gasteiger partial charge in [0.05, 0.1) is 16.4 Å². The molecule has 2 aromatic rings. The predicted molar refractivity (Wildman–Crippen MR) is 113 cm³/mol. The van der Waals surface area contributed by atoms with Gasteiger partial charge >= 0.3 is 0 Å². The van der Waals surface area contributed by atoms with Crippen molar-refractivity contribution in [2.75, 3.05) is 23.3 Å². The van der Waals surface area contributed by atoms with E-state index in [-0.39, 0.29) is 11.0 Å². The lowest BCUT2D eigenvalue weighted by Crippen LogP contribution is -2.34. The van der Waals surface area contributed by atoms with Crippen LogP contribution in [0.3, 0.4) is 0 Å². The molecule has 6 heteroatoms. The standard InChI is InChI=1S/C20H22ClN3OS/c1-13-8-9-15(12-14(13)2)19(25)23-20(26)22-17-7-5-6-16(21)18(17)24-10-3-4-11-24/h5-9,12H,3-4,10-11H2,1-2H3,(H2,22,23,25,26). The number of thiocarbonyl (C=S) groups is 1. The summed E-state index contributed by atoms with van der Waals surface area (Å²) >= 11 is 11.8. The monoisotopic (exact) mass is 387 g/mol. The summed E-state index contributed by atoms with van der Waals surface area (Å²) in [5, 5.41) is 6.82. The molecule has 4 nitrogen and oxygen atoms in total. The Labute approximate surface area is 164 Å². The molecule has 2 N–H and O–H groups in total. The molecule has 1 aliphatic heterocycles. The van der Waals surface area contributed by atoms with Crippen molar-refractivity contribution in [2.24, 2.45) is 0 Å². The first-order valence-corrected chi connectivity index (χ1v) is 9.47. The second-order valence-electron chi connectivity index (χ2n) is 6.54. The summed E-state index contributed by atoms with van der Waals surface area (Å²) in [6.07, 6.45) is 2.30. The van der Waals surface area contributed by atoms with Crippen molar-refractivity contribution in [3.05, 3.63) is 58.1 Å². The van der Waals surface area contributed by atoms with E-state index in [0.717, 1.165) is 48.4 Å². The van der Waals surface area contributed by atoms with E-state index >= 15 is 0 Å². The van der Waals surface area contributed by atoms with Crippen molar-refractivity contribution in [3.63, 3.8) is 0 Å². The van der Waals surface area contributed by atoms with Crippen molar-refractivity contribution in [3.8, 4) is 0 Å². The van der Waals surface area contributed by atoms with Gasteiger partial charge in [0.15, 0.2) is 5.11 Å². The molecule has 1 amide bonds. The maximum Gasteiger partial charge on any atom is 0.257 e. The number of anilines is 2. The first-order valence-electron chi connectivity index (χ1n) is 8.69. The smallest absolute Gasteiger partial charge is 0.257 e. The number of rotatable bonds is 3. The van der Waals surface area contributed by atoms with Gasteiger partial charge in [-0.05, 0) is 74.3 Å². The lowest BCUT2D eigenvalue weighted by Gasteiger charge is -2.23. The molecular formula is C20H22ClN3OS. The average Bonchev–Trinajstić information content (AvgIpc) is 3.11. The second kappa shape index (κ2) is 8.06. The SMILES string of the molecule is Cc1ccc(C(=O)NC(=S)Nc2cccc(Cl)c2N2CCCC2)cc1C. The quantitative estimate of drug-likeness (QED) is 0.750. The first-order chi connectivity index (χ1) is 12.5. The van der Waals surface area contributed by atoms with Crippen molar-refractivity contribution in [2.45, 2.75) is 26.7 Å². The van der Waals surface area contributed by atoms with E-state index in [1.807, 2.05) is 44.2 Å². The largest absolute Gasteiger partial charge is 0.369 e. The zero-order valence-electron chi connectivity index (χ0n) is 14.9. The summed E-state index contributed by atoms with van der Waals surface area (Å²) in [7, 11) is 0. The lowest BCUT2D eigenvalue weighted by molar-refractivity contribution is 0.0977. The van der Waals surface area contributed by atoms with Gasteiger partial charge in [0.25, 0.3) is 5.91 Å². The van der Waals surface area contributed by atoms with Crippen LogP contribution in [0.15, 0.2) is 36.4 Å². The third-order valence-electron chi connectivity index (χ3n) is 4.65. The minimum absolute atomic E-state index is 0.227. The highest BCUT2D eigenvalue weighted by atomic mass is 35.5. The van der Waals surface area contributed by atoms with Crippen LogP contribution >= 0.6 is 23.8 Å². The molecule has 0 atom stereocenters. The fourth-order valence-corrected chi connectivity index (χ4v) is 3.59. The number of carbonyl (C=O) groups excluding carboxylic acids is 1. The summed E-state index contributed by atoms with van der Waals surface area (Å²) in [5.74, 6) is -0.227. The topological polar surface area (TPSA) is 44.4 Å². The van der Waals surface area contributed by atoms with Gasteiger partial charge in [0.1, 0.15) is 0 Å². The Hall–Kier alpha value is -2.11. The molecule has 0 unspecified atom stereocenters. The minimum Gasteiger partial charge on any atom is -0.369 e. The van der Waals surface area contributed by atoms with Gasteiger partial charge in [0.2, 0.25) is 0 Å². The molecule has 0 bridgehead atoms. The van der Waals surface area contributed by atoms with Gasteiger partial charge in [-0.1, -0.05) is 23.7 Å². The van der Waals surface area contributed by atoms with Crippen molar-refractivity contribution >= 4 is 46.2 Å². The molecule has 0 radical (unpaired) electrons. The molecule has 3 rings (SSSR count). The molecule has 0 aromatic heterocycles. The number of hydrogen-bond acceptors (Lipinski definition) is 3. The van der Waals surface area contributed by atoms with Crippen molar-refractivity contribution in [1.82, 2.24) is 5.32 Å². The van der Waals surface area contributed by atoms with E-state index in [2.05, 4.69) is 15.5 Å². The number of aryl methyl sites for hydroxylation is 2. The number of halogens is 1. The maximum absolute atomic E-state index is 12.4. The lowest BCUT2D eigenvalue weighted by atomic mass is 10.1. The fraction of sp³-hybridized carbons (Fsp3) is 0.300. The van der Waals surface area contributed by atoms with E-state index in [1.54, 1.807) is 6.07 Å². The van der Waals surface area contributed by atoms with Gasteiger partial charge in [0, 0.05) is 18.7 Å². The average molecular weight is 388 g/mol. The third kappa shape index (κ3) is 4.17. The Kier molecular flexibility index (Phi) is 5.79. The predicted octanol–water partition coefficient (Wildman–Crippen LogP) is 4.68. The molecule has 1 saturated heterocycles. The van der Waals surface area contributed by atoms with Crippen LogP contribution in [-0.4, -0.2) is 24.1 Å². The summed E-state index contributed by atoms with van der Waals surface area (Å²) < 4.78 is 0. The van der Waals surface area contributed by atoms with Crippen LogP contribution in [0.1, 0.15) is 34.3 Å². The summed E-state index contributed by atoms with van der Waals surface area (Å²) in [4.78, 5) is 14.7. The van der Waals surface area contributed by atoms with Gasteiger partial charge in [-0.3, -0.25) is 10.1 Å². The molecule has 2 aromatic carbocycles. The number of nitrogens with zero attached hydrogens (tertiary/aromatic N) is 1. The summed E-state index contributed by atoms with van der Waals surface area (Å²) in [6, 6.07) is 11.3. The fourth-order valence-electron chi connectivity index (χ4n) is 3.09. The van der Waals surface area contributed by atoms with Gasteiger partial charge in [-0.25, -0.2) is 0 Å². The first kappa shape index (κ1) is 18.7. The Balaban J connectivity index is 1.73. The Bertz CT molecular complexity index is 847. The Morgan fingerprint density at radius 3 is 2.54 bits per heavy atom. The molecule has 0 saturated carbocycles. The molecule has 136 valence electrons. The summed E-state index contributed by atoms with van der Waals surface area (Å²) in [5.41, 5.74) is 4.56. The number of para-hydroxylation sites is 1. The van der Waals surface area contributed by atoms with E-state index < -0.39 is 0 Å². The van der Waals surface area contributed by atoms with E-state index in [9.17, 15) is 4.79 Å². The summed E-state index contributed by atoms with van der Waals surface area (Å²) in [6.45, 7) is 5.94. The zero-order valence-corrected chi connectivity index (χ0v) is 16.5. The normalized spacial score (nSPS) is 13.6. The molecule has 1 heterocycles. The van der Waals surface area contributed by atoms with E-state index in [4.69, 9.17) is 23.8 Å². The Morgan fingerprint density at radius 1 is 1.12 bits per heavy atom. The van der Waals surface area contributed by atoms with Crippen LogP contribution in [0.5, 0.6) is 0 Å². The van der Waals surface area contributed by atoms with Crippen LogP contribution in [0, 0.1) is 13.8 Å². The zero-order chi connectivity index (χ0) is 18.7. The van der Waals surface area contributed by atoms with Gasteiger partial charge in [-0.2, -0.15) is 0 Å². The molecule has 1 aliphatic rings. The van der Waals surface area contributed by atoms with E-state index in [0.29, 0.717) is 10.6 Å². The second-order valence-corrected chi connectivity index (χ2v) is 7.35. The maximum atomic E-state index is 12.4. The number of nitrogens with one attached hydrogen (secondary N) is 2. The molecule has 1 fully saturated rings. The number of hydrogen-bond donors (Lipinski definition) is 2. The van der Waals surface area contributed by atoms with Crippen LogP contribution in [0.2, 0.25) is 5.02 Å². The van der Waals surface area contributed by atoms with Crippen molar-refractivity contribution in [1.29, 1.82) is 0 Å². The molecule has 0 spiro atoms. The highest BCUT2D eigenvalue weighted by molar-refractivity contribution is 7.80. The van der Waals surface area contributed by atoms with Crippen LogP contribution in [-0.2, 0) is 0 Å². The van der Waals surface area contributed by atoms with Gasteiger partial charge in [-0.15, -0.1) is 0 Å². The van der Waals surface area contributed by atoms with Crippen LogP contribution in [0.25, 0.3) is 0 Å². The Morgan fingerprint density at radius 2 is 1.85 bits per heavy atom. The van der Waals surface area contributed by atoms with Gasteiger partial charge < -0.3 is 10.2 Å². The number of amides is 1. The highest BCUT2D eigenvalue weighted by Crippen LogP contribution is 2.35. The molecule has 0 aliphatic carbocycles. The van der Waals surface area contributed by atoms with Crippen molar-refractivity contribution < 1.29 is 4.79 Å². The highest BCUT2D eigenvalue weighted by Gasteiger charge is 2.19. The molecular weight excluding hydrogens is 366 g/mol. The van der Waals surface area contributed by atoms with E-state index in [1.165, 1.54) is 0 Å². The number of carbonyl (C=O) groups is 1. The van der Waals surface area contributed by atoms with Crippen LogP contribution in [0.4, 0.5) is 11.4 Å². The molecule has 26 heavy (non-hydrogen) atoms. The minimum atomic E-state index is -0.227. The third-order valence-corrected chi connectivity index (χ3v) is 5.16.